The third-order valence-electron chi connectivity index (χ3n) is 4.31. The first-order valence-electron chi connectivity index (χ1n) is 9.50. The minimum Gasteiger partial charge on any atom is -0.465 e. The number of amides is 2. The molecule has 0 saturated carbocycles. The molecule has 3 rings (SSSR count). The standard InChI is InChI=1S/C23H23N3O4/c1-16-5-7-20(14-17(16)2)30-23-10-6-18(15-25-23)26-22(28)11-12-24-21(27)9-8-19-4-3-13-29-19/h3-10,13-15H,11-12H2,1-2H3,(H,24,27)(H,26,28)/b9-8+. The van der Waals surface area contributed by atoms with Crippen molar-refractivity contribution >= 4 is 23.6 Å². The van der Waals surface area contributed by atoms with Crippen LogP contribution in [-0.4, -0.2) is 23.3 Å². The Balaban J connectivity index is 1.41. The van der Waals surface area contributed by atoms with E-state index in [9.17, 15) is 9.59 Å². The van der Waals surface area contributed by atoms with Crippen LogP contribution in [0.15, 0.2) is 65.4 Å². The lowest BCUT2D eigenvalue weighted by atomic mass is 10.1. The Bertz CT molecular complexity index is 1030. The van der Waals surface area contributed by atoms with Crippen molar-refractivity contribution in [1.82, 2.24) is 10.3 Å². The van der Waals surface area contributed by atoms with Gasteiger partial charge < -0.3 is 19.8 Å². The predicted molar refractivity (Wildman–Crippen MR) is 114 cm³/mol. The Morgan fingerprint density at radius 1 is 1.13 bits per heavy atom. The number of furan rings is 1. The highest BCUT2D eigenvalue weighted by atomic mass is 16.5. The summed E-state index contributed by atoms with van der Waals surface area (Å²) in [6.07, 6.45) is 6.11. The molecule has 0 fully saturated rings. The fourth-order valence-corrected chi connectivity index (χ4v) is 2.54. The van der Waals surface area contributed by atoms with Crippen molar-refractivity contribution in [3.8, 4) is 11.6 Å². The van der Waals surface area contributed by atoms with Gasteiger partial charge in [0, 0.05) is 25.1 Å². The highest BCUT2D eigenvalue weighted by Crippen LogP contribution is 2.23. The molecule has 0 aliphatic heterocycles. The van der Waals surface area contributed by atoms with Crippen LogP contribution in [0.2, 0.25) is 0 Å². The van der Waals surface area contributed by atoms with E-state index in [-0.39, 0.29) is 24.8 Å². The average Bonchev–Trinajstić information content (AvgIpc) is 3.24. The predicted octanol–water partition coefficient (Wildman–Crippen LogP) is 4.24. The number of pyridine rings is 1. The second-order valence-electron chi connectivity index (χ2n) is 6.67. The molecule has 1 aromatic carbocycles. The first-order chi connectivity index (χ1) is 14.5. The molecule has 0 atom stereocenters. The van der Waals surface area contributed by atoms with E-state index in [1.165, 1.54) is 24.1 Å². The summed E-state index contributed by atoms with van der Waals surface area (Å²) in [6, 6.07) is 12.7. The van der Waals surface area contributed by atoms with Crippen LogP contribution in [0.5, 0.6) is 11.6 Å². The maximum absolute atomic E-state index is 12.0. The summed E-state index contributed by atoms with van der Waals surface area (Å²) in [5, 5.41) is 5.38. The van der Waals surface area contributed by atoms with Gasteiger partial charge >= 0.3 is 0 Å². The van der Waals surface area contributed by atoms with Crippen LogP contribution in [0.25, 0.3) is 6.08 Å². The number of nitrogens with one attached hydrogen (secondary N) is 2. The highest BCUT2D eigenvalue weighted by molar-refractivity contribution is 5.93. The van der Waals surface area contributed by atoms with Crippen LogP contribution < -0.4 is 15.4 Å². The quantitative estimate of drug-likeness (QED) is 0.547. The van der Waals surface area contributed by atoms with Gasteiger partial charge in [0.2, 0.25) is 17.7 Å². The van der Waals surface area contributed by atoms with E-state index in [0.29, 0.717) is 23.1 Å². The molecule has 2 N–H and O–H groups in total. The summed E-state index contributed by atoms with van der Waals surface area (Å²) >= 11 is 0. The van der Waals surface area contributed by atoms with Gasteiger partial charge in [0.25, 0.3) is 0 Å². The average molecular weight is 405 g/mol. The summed E-state index contributed by atoms with van der Waals surface area (Å²) in [6.45, 7) is 4.28. The molecule has 0 radical (unpaired) electrons. The number of rotatable bonds is 8. The molecule has 0 aliphatic carbocycles. The van der Waals surface area contributed by atoms with Crippen molar-refractivity contribution in [2.24, 2.45) is 0 Å². The Hall–Kier alpha value is -3.87. The maximum atomic E-state index is 12.0. The number of aryl methyl sites for hydroxylation is 2. The number of carbonyl (C=O) groups is 2. The van der Waals surface area contributed by atoms with Gasteiger partial charge in [-0.15, -0.1) is 0 Å². The van der Waals surface area contributed by atoms with E-state index >= 15 is 0 Å². The van der Waals surface area contributed by atoms with E-state index in [2.05, 4.69) is 15.6 Å². The zero-order valence-corrected chi connectivity index (χ0v) is 16.8. The van der Waals surface area contributed by atoms with Gasteiger partial charge in [-0.25, -0.2) is 4.98 Å². The van der Waals surface area contributed by atoms with Gasteiger partial charge in [-0.1, -0.05) is 6.07 Å². The summed E-state index contributed by atoms with van der Waals surface area (Å²) in [4.78, 5) is 28.0. The molecule has 30 heavy (non-hydrogen) atoms. The molecular formula is C23H23N3O4. The lowest BCUT2D eigenvalue weighted by Gasteiger charge is -2.09. The lowest BCUT2D eigenvalue weighted by molar-refractivity contribution is -0.117. The molecule has 2 heterocycles. The molecule has 154 valence electrons. The first kappa shape index (κ1) is 20.9. The number of hydrogen-bond acceptors (Lipinski definition) is 5. The van der Waals surface area contributed by atoms with E-state index in [1.54, 1.807) is 30.3 Å². The maximum Gasteiger partial charge on any atom is 0.244 e. The number of anilines is 1. The van der Waals surface area contributed by atoms with Crippen LogP contribution >= 0.6 is 0 Å². The van der Waals surface area contributed by atoms with Gasteiger partial charge in [-0.2, -0.15) is 0 Å². The number of carbonyl (C=O) groups excluding carboxylic acids is 2. The molecule has 0 bridgehead atoms. The second kappa shape index (κ2) is 10.1. The van der Waals surface area contributed by atoms with Gasteiger partial charge in [0.1, 0.15) is 11.5 Å². The topological polar surface area (TPSA) is 93.5 Å². The molecule has 2 amide bonds. The Kier molecular flexibility index (Phi) is 7.00. The number of aromatic nitrogens is 1. The summed E-state index contributed by atoms with van der Waals surface area (Å²) in [5.41, 5.74) is 2.88. The molecule has 7 heteroatoms. The highest BCUT2D eigenvalue weighted by Gasteiger charge is 2.05. The third kappa shape index (κ3) is 6.34. The van der Waals surface area contributed by atoms with Crippen molar-refractivity contribution in [3.63, 3.8) is 0 Å². The van der Waals surface area contributed by atoms with E-state index in [4.69, 9.17) is 9.15 Å². The smallest absolute Gasteiger partial charge is 0.244 e. The monoisotopic (exact) mass is 405 g/mol. The summed E-state index contributed by atoms with van der Waals surface area (Å²) in [7, 11) is 0. The van der Waals surface area contributed by atoms with Crippen molar-refractivity contribution in [3.05, 3.63) is 77.9 Å². The number of benzene rings is 1. The molecule has 7 nitrogen and oxygen atoms in total. The molecule has 0 saturated heterocycles. The van der Waals surface area contributed by atoms with E-state index < -0.39 is 0 Å². The Morgan fingerprint density at radius 2 is 2.00 bits per heavy atom. The zero-order valence-electron chi connectivity index (χ0n) is 16.8. The first-order valence-corrected chi connectivity index (χ1v) is 9.50. The summed E-state index contributed by atoms with van der Waals surface area (Å²) < 4.78 is 10.8. The SMILES string of the molecule is Cc1ccc(Oc2ccc(NC(=O)CCNC(=O)/C=C/c3ccco3)cn2)cc1C. The lowest BCUT2D eigenvalue weighted by Crippen LogP contribution is -2.26. The van der Waals surface area contributed by atoms with Crippen LogP contribution in [0.1, 0.15) is 23.3 Å². The number of nitrogens with zero attached hydrogens (tertiary/aromatic N) is 1. The Morgan fingerprint density at radius 3 is 2.70 bits per heavy atom. The number of ether oxygens (including phenoxy) is 1. The normalized spacial score (nSPS) is 10.7. The molecule has 3 aromatic rings. The minimum atomic E-state index is -0.297. The number of hydrogen-bond donors (Lipinski definition) is 2. The van der Waals surface area contributed by atoms with Crippen LogP contribution in [-0.2, 0) is 9.59 Å². The van der Waals surface area contributed by atoms with Crippen molar-refractivity contribution in [1.29, 1.82) is 0 Å². The van der Waals surface area contributed by atoms with Gasteiger partial charge in [0.05, 0.1) is 18.1 Å². The third-order valence-corrected chi connectivity index (χ3v) is 4.31. The largest absolute Gasteiger partial charge is 0.465 e. The van der Waals surface area contributed by atoms with Gasteiger partial charge in [-0.3, -0.25) is 9.59 Å². The van der Waals surface area contributed by atoms with E-state index in [0.717, 1.165) is 5.56 Å². The van der Waals surface area contributed by atoms with Crippen molar-refractivity contribution < 1.29 is 18.7 Å². The molecule has 0 aliphatic rings. The van der Waals surface area contributed by atoms with E-state index in [1.807, 2.05) is 32.0 Å². The second-order valence-corrected chi connectivity index (χ2v) is 6.67. The van der Waals surface area contributed by atoms with Crippen molar-refractivity contribution in [2.45, 2.75) is 20.3 Å². The van der Waals surface area contributed by atoms with Crippen LogP contribution in [0.4, 0.5) is 5.69 Å². The fraction of sp³-hybridized carbons (Fsp3) is 0.174. The Labute approximate surface area is 174 Å². The van der Waals surface area contributed by atoms with Crippen molar-refractivity contribution in [2.75, 3.05) is 11.9 Å². The molecule has 2 aromatic heterocycles. The van der Waals surface area contributed by atoms with Crippen LogP contribution in [0, 0.1) is 13.8 Å². The molecule has 0 unspecified atom stereocenters. The van der Waals surface area contributed by atoms with Crippen LogP contribution in [0.3, 0.4) is 0 Å². The summed E-state index contributed by atoms with van der Waals surface area (Å²) in [5.74, 6) is 1.20. The molecule has 0 spiro atoms. The molecular weight excluding hydrogens is 382 g/mol. The van der Waals surface area contributed by atoms with Gasteiger partial charge in [0.15, 0.2) is 0 Å². The minimum absolute atomic E-state index is 0.140. The van der Waals surface area contributed by atoms with Gasteiger partial charge in [-0.05, 0) is 61.4 Å². The zero-order chi connectivity index (χ0) is 21.3. The fourth-order valence-electron chi connectivity index (χ4n) is 2.54.